The summed E-state index contributed by atoms with van der Waals surface area (Å²) in [5.41, 5.74) is 3.07. The van der Waals surface area contributed by atoms with Crippen LogP contribution in [0.4, 0.5) is 5.95 Å². The third-order valence-corrected chi connectivity index (χ3v) is 6.54. The molecular weight excluding hydrogens is 336 g/mol. The molecule has 5 rings (SSSR count). The van der Waals surface area contributed by atoms with E-state index in [9.17, 15) is 4.79 Å². The van der Waals surface area contributed by atoms with Gasteiger partial charge in [0.25, 0.3) is 0 Å². The molecule has 0 unspecified atom stereocenters. The van der Waals surface area contributed by atoms with E-state index >= 15 is 0 Å². The fourth-order valence-corrected chi connectivity index (χ4v) is 5.01. The summed E-state index contributed by atoms with van der Waals surface area (Å²) in [7, 11) is 0. The number of amides is 1. The van der Waals surface area contributed by atoms with E-state index in [1.807, 2.05) is 18.5 Å². The normalized spacial score (nSPS) is 23.3. The van der Waals surface area contributed by atoms with Crippen molar-refractivity contribution >= 4 is 11.9 Å². The second kappa shape index (κ2) is 6.63. The van der Waals surface area contributed by atoms with Gasteiger partial charge in [-0.3, -0.25) is 4.79 Å². The molecule has 27 heavy (non-hydrogen) atoms. The Bertz CT molecular complexity index is 825. The van der Waals surface area contributed by atoms with Crippen molar-refractivity contribution in [3.05, 3.63) is 53.9 Å². The average Bonchev–Trinajstić information content (AvgIpc) is 3.47. The van der Waals surface area contributed by atoms with Gasteiger partial charge >= 0.3 is 0 Å². The lowest BCUT2D eigenvalue weighted by atomic mass is 9.73. The van der Waals surface area contributed by atoms with E-state index in [4.69, 9.17) is 0 Å². The zero-order valence-corrected chi connectivity index (χ0v) is 15.6. The van der Waals surface area contributed by atoms with Gasteiger partial charge in [-0.2, -0.15) is 0 Å². The number of hydrogen-bond donors (Lipinski definition) is 1. The summed E-state index contributed by atoms with van der Waals surface area (Å²) in [6.45, 7) is 1.94. The van der Waals surface area contributed by atoms with Crippen LogP contribution in [-0.4, -0.2) is 35.0 Å². The highest BCUT2D eigenvalue weighted by Crippen LogP contribution is 2.52. The Hall–Kier alpha value is -2.43. The number of benzene rings is 1. The van der Waals surface area contributed by atoms with Gasteiger partial charge in [0.1, 0.15) is 0 Å². The van der Waals surface area contributed by atoms with Crippen LogP contribution in [0.25, 0.3) is 0 Å². The molecule has 1 saturated heterocycles. The first-order valence-electron chi connectivity index (χ1n) is 10.1. The second-order valence-corrected chi connectivity index (χ2v) is 8.35. The number of carbonyl (C=O) groups excluding carboxylic acids is 1. The lowest BCUT2D eigenvalue weighted by Gasteiger charge is -2.40. The van der Waals surface area contributed by atoms with Crippen LogP contribution in [-0.2, 0) is 10.2 Å². The van der Waals surface area contributed by atoms with Crippen LogP contribution in [0.5, 0.6) is 0 Å². The molecule has 1 atom stereocenters. The third-order valence-electron chi connectivity index (χ3n) is 6.54. The van der Waals surface area contributed by atoms with E-state index in [-0.39, 0.29) is 11.3 Å². The smallest absolute Gasteiger partial charge is 0.225 e. The lowest BCUT2D eigenvalue weighted by Crippen LogP contribution is -2.42. The molecule has 0 bridgehead atoms. The van der Waals surface area contributed by atoms with Crippen molar-refractivity contribution in [3.8, 4) is 0 Å². The molecule has 3 aliphatic rings. The van der Waals surface area contributed by atoms with Crippen molar-refractivity contribution in [2.45, 2.75) is 55.9 Å². The summed E-state index contributed by atoms with van der Waals surface area (Å²) in [4.78, 5) is 23.5. The van der Waals surface area contributed by atoms with Crippen molar-refractivity contribution < 1.29 is 4.79 Å². The van der Waals surface area contributed by atoms with Crippen molar-refractivity contribution in [1.82, 2.24) is 15.3 Å². The molecule has 0 radical (unpaired) electrons. The zero-order chi connectivity index (χ0) is 18.3. The van der Waals surface area contributed by atoms with Crippen LogP contribution >= 0.6 is 0 Å². The Labute approximate surface area is 160 Å². The number of nitrogens with zero attached hydrogens (tertiary/aromatic N) is 3. The van der Waals surface area contributed by atoms with Crippen molar-refractivity contribution in [2.75, 3.05) is 18.0 Å². The van der Waals surface area contributed by atoms with Gasteiger partial charge in [0, 0.05) is 37.9 Å². The molecule has 2 heterocycles. The number of nitrogens with one attached hydrogen (secondary N) is 1. The number of rotatable bonds is 4. The number of hydrogen-bond acceptors (Lipinski definition) is 4. The van der Waals surface area contributed by atoms with Crippen molar-refractivity contribution in [2.24, 2.45) is 0 Å². The van der Waals surface area contributed by atoms with E-state index in [1.54, 1.807) is 0 Å². The second-order valence-electron chi connectivity index (χ2n) is 8.35. The van der Waals surface area contributed by atoms with Gasteiger partial charge in [0.05, 0.1) is 0 Å². The van der Waals surface area contributed by atoms with Crippen LogP contribution in [0.1, 0.15) is 55.6 Å². The first kappa shape index (κ1) is 16.7. The maximum absolute atomic E-state index is 12.4. The molecule has 2 aromatic rings. The lowest BCUT2D eigenvalue weighted by molar-refractivity contribution is -0.121. The zero-order valence-electron chi connectivity index (χ0n) is 15.6. The Balaban J connectivity index is 1.33. The molecule has 5 nitrogen and oxygen atoms in total. The van der Waals surface area contributed by atoms with Crippen LogP contribution in [0.15, 0.2) is 42.7 Å². The number of piperidine rings is 1. The van der Waals surface area contributed by atoms with Crippen LogP contribution in [0, 0.1) is 0 Å². The molecule has 1 N–H and O–H groups in total. The van der Waals surface area contributed by atoms with Gasteiger partial charge in [-0.15, -0.1) is 0 Å². The maximum Gasteiger partial charge on any atom is 0.225 e. The SMILES string of the molecule is O=C(C[C@@H]1CC2(CCN(c3ncccn3)CC2)c2ccccc21)NC1CC1. The Morgan fingerprint density at radius 1 is 1.11 bits per heavy atom. The quantitative estimate of drug-likeness (QED) is 0.908. The highest BCUT2D eigenvalue weighted by molar-refractivity contribution is 5.78. The van der Waals surface area contributed by atoms with E-state index < -0.39 is 0 Å². The molecule has 1 spiro atoms. The molecule has 1 aliphatic heterocycles. The molecule has 1 amide bonds. The van der Waals surface area contributed by atoms with Crippen LogP contribution in [0.3, 0.4) is 0 Å². The number of carbonyl (C=O) groups is 1. The third kappa shape index (κ3) is 3.20. The Morgan fingerprint density at radius 3 is 2.59 bits per heavy atom. The number of anilines is 1. The molecule has 2 aliphatic carbocycles. The first-order valence-corrected chi connectivity index (χ1v) is 10.1. The van der Waals surface area contributed by atoms with E-state index in [2.05, 4.69) is 44.5 Å². The van der Waals surface area contributed by atoms with Gasteiger partial charge in [0.15, 0.2) is 0 Å². The van der Waals surface area contributed by atoms with Crippen LogP contribution < -0.4 is 10.2 Å². The predicted octanol–water partition coefficient (Wildman–Crippen LogP) is 3.17. The summed E-state index contributed by atoms with van der Waals surface area (Å²) in [6, 6.07) is 11.1. The topological polar surface area (TPSA) is 58.1 Å². The fraction of sp³-hybridized carbons (Fsp3) is 0.500. The summed E-state index contributed by atoms with van der Waals surface area (Å²) in [6.07, 6.45) is 9.83. The first-order chi connectivity index (χ1) is 13.2. The molecular formula is C22H26N4O. The maximum atomic E-state index is 12.4. The van der Waals surface area contributed by atoms with E-state index in [1.165, 1.54) is 11.1 Å². The van der Waals surface area contributed by atoms with Gasteiger partial charge in [-0.25, -0.2) is 9.97 Å². The number of aromatic nitrogens is 2. The van der Waals surface area contributed by atoms with Gasteiger partial charge in [-0.05, 0) is 60.6 Å². The predicted molar refractivity (Wildman–Crippen MR) is 105 cm³/mol. The Kier molecular flexibility index (Phi) is 4.10. The summed E-state index contributed by atoms with van der Waals surface area (Å²) in [5.74, 6) is 1.41. The molecule has 1 saturated carbocycles. The standard InChI is InChI=1S/C22H26N4O/c27-20(25-17-6-7-17)14-16-15-22(19-5-2-1-4-18(16)19)8-12-26(13-9-22)21-23-10-3-11-24-21/h1-5,10-11,16-17H,6-9,12-15H2,(H,25,27)/t16-/m1/s1. The monoisotopic (exact) mass is 362 g/mol. The summed E-state index contributed by atoms with van der Waals surface area (Å²) >= 11 is 0. The van der Waals surface area contributed by atoms with Crippen LogP contribution in [0.2, 0.25) is 0 Å². The minimum absolute atomic E-state index is 0.201. The van der Waals surface area contributed by atoms with Gasteiger partial charge < -0.3 is 10.2 Å². The van der Waals surface area contributed by atoms with E-state index in [0.29, 0.717) is 18.4 Å². The molecule has 1 aromatic heterocycles. The molecule has 1 aromatic carbocycles. The fourth-order valence-electron chi connectivity index (χ4n) is 5.01. The largest absolute Gasteiger partial charge is 0.353 e. The number of fused-ring (bicyclic) bond motifs is 2. The highest BCUT2D eigenvalue weighted by Gasteiger charge is 2.46. The van der Waals surface area contributed by atoms with Gasteiger partial charge in [-0.1, -0.05) is 24.3 Å². The minimum atomic E-state index is 0.201. The summed E-state index contributed by atoms with van der Waals surface area (Å²) < 4.78 is 0. The van der Waals surface area contributed by atoms with E-state index in [0.717, 1.165) is 51.1 Å². The molecule has 2 fully saturated rings. The summed E-state index contributed by atoms with van der Waals surface area (Å²) in [5, 5.41) is 3.17. The average molecular weight is 362 g/mol. The highest BCUT2D eigenvalue weighted by atomic mass is 16.1. The molecule has 5 heteroatoms. The minimum Gasteiger partial charge on any atom is -0.353 e. The van der Waals surface area contributed by atoms with Crippen molar-refractivity contribution in [1.29, 1.82) is 0 Å². The van der Waals surface area contributed by atoms with Crippen molar-refractivity contribution in [3.63, 3.8) is 0 Å². The molecule has 140 valence electrons. The Morgan fingerprint density at radius 2 is 1.85 bits per heavy atom. The van der Waals surface area contributed by atoms with Gasteiger partial charge in [0.2, 0.25) is 11.9 Å².